The van der Waals surface area contributed by atoms with E-state index >= 15 is 0 Å². The lowest BCUT2D eigenvalue weighted by Gasteiger charge is -2.17. The Balaban J connectivity index is 1.98. The van der Waals surface area contributed by atoms with Gasteiger partial charge in [-0.15, -0.1) is 0 Å². The lowest BCUT2D eigenvalue weighted by atomic mass is 10.2. The summed E-state index contributed by atoms with van der Waals surface area (Å²) in [6.45, 7) is 4.22. The van der Waals surface area contributed by atoms with E-state index in [4.69, 9.17) is 21.1 Å². The van der Waals surface area contributed by atoms with Gasteiger partial charge >= 0.3 is 0 Å². The number of nitro groups is 1. The van der Waals surface area contributed by atoms with Gasteiger partial charge in [0.05, 0.1) is 11.5 Å². The van der Waals surface area contributed by atoms with Gasteiger partial charge in [0.2, 0.25) is 0 Å². The number of benzene rings is 1. The molecule has 0 spiro atoms. The summed E-state index contributed by atoms with van der Waals surface area (Å²) in [7, 11) is 0. The van der Waals surface area contributed by atoms with Crippen LogP contribution in [0.3, 0.4) is 0 Å². The summed E-state index contributed by atoms with van der Waals surface area (Å²) in [4.78, 5) is 22.1. The smallest absolute Gasteiger partial charge is 0.288 e. The maximum Gasteiger partial charge on any atom is 0.288 e. The summed E-state index contributed by atoms with van der Waals surface area (Å²) >= 11 is 5.70. The van der Waals surface area contributed by atoms with Crippen molar-refractivity contribution < 1.29 is 19.2 Å². The molecule has 1 heterocycles. The minimum absolute atomic E-state index is 0.00849. The van der Waals surface area contributed by atoms with Crippen molar-refractivity contribution >= 4 is 23.2 Å². The van der Waals surface area contributed by atoms with Crippen molar-refractivity contribution in [1.29, 1.82) is 0 Å². The van der Waals surface area contributed by atoms with Crippen LogP contribution in [0, 0.1) is 10.1 Å². The van der Waals surface area contributed by atoms with Gasteiger partial charge < -0.3 is 14.8 Å². The third kappa shape index (κ3) is 3.90. The van der Waals surface area contributed by atoms with Crippen molar-refractivity contribution in [3.05, 3.63) is 38.9 Å². The van der Waals surface area contributed by atoms with Crippen molar-refractivity contribution in [2.45, 2.75) is 25.7 Å². The molecule has 1 aromatic rings. The van der Waals surface area contributed by atoms with E-state index in [0.717, 1.165) is 6.07 Å². The first-order valence-electron chi connectivity index (χ1n) is 6.32. The molecule has 0 bridgehead atoms. The Kier molecular flexibility index (Phi) is 4.46. The number of ether oxygens (including phenoxy) is 2. The number of hydrogen-bond acceptors (Lipinski definition) is 5. The summed E-state index contributed by atoms with van der Waals surface area (Å²) in [6, 6.07) is 3.90. The fourth-order valence-electron chi connectivity index (χ4n) is 1.97. The summed E-state index contributed by atoms with van der Waals surface area (Å²) in [5.41, 5.74) is -0.129. The molecule has 2 rings (SSSR count). The van der Waals surface area contributed by atoms with Crippen LogP contribution in [-0.4, -0.2) is 35.9 Å². The molecule has 0 aromatic heterocycles. The Morgan fingerprint density at radius 3 is 2.86 bits per heavy atom. The van der Waals surface area contributed by atoms with Gasteiger partial charge in [0.15, 0.2) is 5.79 Å². The molecule has 1 amide bonds. The third-order valence-corrected chi connectivity index (χ3v) is 3.28. The second-order valence-corrected chi connectivity index (χ2v) is 5.49. The molecular weight excluding hydrogens is 300 g/mol. The van der Waals surface area contributed by atoms with Gasteiger partial charge in [-0.3, -0.25) is 14.9 Å². The van der Waals surface area contributed by atoms with E-state index in [9.17, 15) is 14.9 Å². The highest BCUT2D eigenvalue weighted by molar-refractivity contribution is 6.32. The average Bonchev–Trinajstić information content (AvgIpc) is 2.75. The maximum absolute atomic E-state index is 12.0. The standard InChI is InChI=1S/C13H15ClN2O5/c1-13(2)20-7-9(21-13)6-15-12(17)8-3-4-10(14)11(5-8)16(18)19/h3-5,9H,6-7H2,1-2H3,(H,15,17). The Hall–Kier alpha value is -1.70. The normalized spacial score (nSPS) is 20.2. The number of amides is 1. The minimum atomic E-state index is -0.658. The van der Waals surface area contributed by atoms with Crippen LogP contribution >= 0.6 is 11.6 Å². The molecule has 1 atom stereocenters. The number of carbonyl (C=O) groups excluding carboxylic acids is 1. The number of hydrogen-bond donors (Lipinski definition) is 1. The number of nitro benzene ring substituents is 1. The Morgan fingerprint density at radius 2 is 2.29 bits per heavy atom. The van der Waals surface area contributed by atoms with Crippen LogP contribution in [0.5, 0.6) is 0 Å². The van der Waals surface area contributed by atoms with E-state index in [1.807, 2.05) is 0 Å². The van der Waals surface area contributed by atoms with Gasteiger partial charge in [-0.2, -0.15) is 0 Å². The molecule has 21 heavy (non-hydrogen) atoms. The van der Waals surface area contributed by atoms with Crippen molar-refractivity contribution in [2.75, 3.05) is 13.2 Å². The van der Waals surface area contributed by atoms with E-state index in [1.165, 1.54) is 12.1 Å². The second-order valence-electron chi connectivity index (χ2n) is 5.08. The topological polar surface area (TPSA) is 90.7 Å². The molecule has 7 nitrogen and oxygen atoms in total. The zero-order valence-corrected chi connectivity index (χ0v) is 12.3. The van der Waals surface area contributed by atoms with E-state index in [0.29, 0.717) is 6.61 Å². The van der Waals surface area contributed by atoms with Gasteiger partial charge in [0.25, 0.3) is 11.6 Å². The fourth-order valence-corrected chi connectivity index (χ4v) is 2.15. The first kappa shape index (κ1) is 15.7. The number of halogens is 1. The van der Waals surface area contributed by atoms with Crippen LogP contribution < -0.4 is 5.32 Å². The summed E-state index contributed by atoms with van der Waals surface area (Å²) in [5, 5.41) is 13.4. The minimum Gasteiger partial charge on any atom is -0.349 e. The van der Waals surface area contributed by atoms with Crippen molar-refractivity contribution in [2.24, 2.45) is 0 Å². The van der Waals surface area contributed by atoms with Gasteiger partial charge in [0, 0.05) is 18.2 Å². The molecule has 1 aliphatic heterocycles. The van der Waals surface area contributed by atoms with Crippen LogP contribution in [0.1, 0.15) is 24.2 Å². The number of carbonyl (C=O) groups is 1. The van der Waals surface area contributed by atoms with Gasteiger partial charge in [-0.1, -0.05) is 11.6 Å². The molecule has 0 saturated carbocycles. The third-order valence-electron chi connectivity index (χ3n) is 2.96. The van der Waals surface area contributed by atoms with Crippen molar-refractivity contribution in [3.63, 3.8) is 0 Å². The summed E-state index contributed by atoms with van der Waals surface area (Å²) < 4.78 is 10.9. The highest BCUT2D eigenvalue weighted by atomic mass is 35.5. The lowest BCUT2D eigenvalue weighted by Crippen LogP contribution is -2.34. The fraction of sp³-hybridized carbons (Fsp3) is 0.462. The van der Waals surface area contributed by atoms with E-state index < -0.39 is 16.6 Å². The first-order valence-corrected chi connectivity index (χ1v) is 6.70. The van der Waals surface area contributed by atoms with Crippen LogP contribution in [-0.2, 0) is 9.47 Å². The predicted molar refractivity (Wildman–Crippen MR) is 75.3 cm³/mol. The zero-order valence-electron chi connectivity index (χ0n) is 11.6. The van der Waals surface area contributed by atoms with E-state index in [1.54, 1.807) is 13.8 Å². The molecule has 1 fully saturated rings. The van der Waals surface area contributed by atoms with Crippen LogP contribution in [0.25, 0.3) is 0 Å². The summed E-state index contributed by atoms with van der Waals surface area (Å²) in [6.07, 6.45) is -0.244. The zero-order chi connectivity index (χ0) is 15.6. The van der Waals surface area contributed by atoms with Crippen LogP contribution in [0.2, 0.25) is 5.02 Å². The van der Waals surface area contributed by atoms with Crippen LogP contribution in [0.4, 0.5) is 5.69 Å². The summed E-state index contributed by atoms with van der Waals surface area (Å²) in [5.74, 6) is -1.09. The van der Waals surface area contributed by atoms with Crippen molar-refractivity contribution in [3.8, 4) is 0 Å². The highest BCUT2D eigenvalue weighted by Gasteiger charge is 2.32. The largest absolute Gasteiger partial charge is 0.349 e. The van der Waals surface area contributed by atoms with E-state index in [2.05, 4.69) is 5.32 Å². The number of nitrogens with one attached hydrogen (secondary N) is 1. The Bertz CT molecular complexity index is 576. The molecule has 0 aliphatic carbocycles. The van der Waals surface area contributed by atoms with Gasteiger partial charge in [0.1, 0.15) is 11.1 Å². The predicted octanol–water partition coefficient (Wildman–Crippen LogP) is 2.13. The maximum atomic E-state index is 12.0. The van der Waals surface area contributed by atoms with Gasteiger partial charge in [-0.25, -0.2) is 0 Å². The molecule has 1 unspecified atom stereocenters. The van der Waals surface area contributed by atoms with E-state index in [-0.39, 0.29) is 28.9 Å². The molecule has 8 heteroatoms. The molecule has 114 valence electrons. The molecule has 1 saturated heterocycles. The molecule has 1 aliphatic rings. The van der Waals surface area contributed by atoms with Crippen molar-refractivity contribution in [1.82, 2.24) is 5.32 Å². The Labute approximate surface area is 126 Å². The quantitative estimate of drug-likeness (QED) is 0.679. The SMILES string of the molecule is CC1(C)OCC(CNC(=O)c2ccc(Cl)c([N+](=O)[O-])c2)O1. The molecule has 0 radical (unpaired) electrons. The van der Waals surface area contributed by atoms with Gasteiger partial charge in [-0.05, 0) is 26.0 Å². The highest BCUT2D eigenvalue weighted by Crippen LogP contribution is 2.25. The molecular formula is C13H15ClN2O5. The number of rotatable bonds is 4. The lowest BCUT2D eigenvalue weighted by molar-refractivity contribution is -0.384. The first-order chi connectivity index (χ1) is 9.78. The Morgan fingerprint density at radius 1 is 1.57 bits per heavy atom. The molecule has 1 N–H and O–H groups in total. The average molecular weight is 315 g/mol. The monoisotopic (exact) mass is 314 g/mol. The van der Waals surface area contributed by atoms with Crippen LogP contribution in [0.15, 0.2) is 18.2 Å². The second kappa shape index (κ2) is 5.97. The number of nitrogens with zero attached hydrogens (tertiary/aromatic N) is 1. The molecule has 1 aromatic carbocycles.